The van der Waals surface area contributed by atoms with Gasteiger partial charge in [-0.15, -0.1) is 4.37 Å². The molecule has 0 saturated carbocycles. The van der Waals surface area contributed by atoms with E-state index in [0.717, 1.165) is 11.7 Å². The molecule has 16 heavy (non-hydrogen) atoms. The normalized spacial score (nSPS) is 12.3. The molecular weight excluding hydrogens is 228 g/mol. The Hall–Kier alpha value is -1.60. The molecule has 86 valence electrons. The van der Waals surface area contributed by atoms with E-state index in [9.17, 15) is 5.11 Å². The van der Waals surface area contributed by atoms with E-state index < -0.39 is 6.10 Å². The molecule has 0 bridgehead atoms. The smallest absolute Gasteiger partial charge is 0.245 e. The fraction of sp³-hybridized carbons (Fsp3) is 0.333. The summed E-state index contributed by atoms with van der Waals surface area (Å²) < 4.78 is 14.6. The van der Waals surface area contributed by atoms with Crippen molar-refractivity contribution in [2.45, 2.75) is 6.10 Å². The van der Waals surface area contributed by atoms with E-state index in [2.05, 4.69) is 14.2 Å². The van der Waals surface area contributed by atoms with E-state index in [4.69, 9.17) is 4.74 Å². The van der Waals surface area contributed by atoms with E-state index in [1.165, 1.54) is 6.20 Å². The maximum atomic E-state index is 9.60. The predicted molar refractivity (Wildman–Crippen MR) is 60.1 cm³/mol. The summed E-state index contributed by atoms with van der Waals surface area (Å²) >= 11 is 1.08. The average Bonchev–Trinajstić information content (AvgIpc) is 2.96. The third-order valence-corrected chi connectivity index (χ3v) is 2.34. The van der Waals surface area contributed by atoms with Gasteiger partial charge in [0, 0.05) is 12.4 Å². The lowest BCUT2D eigenvalue weighted by atomic mass is 10.4. The zero-order chi connectivity index (χ0) is 11.2. The van der Waals surface area contributed by atoms with Gasteiger partial charge < -0.3 is 15.3 Å². The van der Waals surface area contributed by atoms with Crippen LogP contribution in [-0.4, -0.2) is 37.8 Å². The van der Waals surface area contributed by atoms with Crippen LogP contribution in [0, 0.1) is 0 Å². The first-order valence-electron chi connectivity index (χ1n) is 4.80. The summed E-state index contributed by atoms with van der Waals surface area (Å²) in [6, 6.07) is 3.80. The second-order valence-electron chi connectivity index (χ2n) is 3.16. The fourth-order valence-corrected chi connectivity index (χ4v) is 1.48. The standard InChI is InChI=1S/C9H12N4O2S/c14-8(5-10-13-3-1-2-4-13)7-15-9-6-11-16-12-9/h1-4,6,8,10,14H,5,7H2. The molecule has 0 aliphatic heterocycles. The summed E-state index contributed by atoms with van der Waals surface area (Å²) in [7, 11) is 0. The van der Waals surface area contributed by atoms with Gasteiger partial charge in [0.25, 0.3) is 0 Å². The van der Waals surface area contributed by atoms with Crippen LogP contribution < -0.4 is 10.2 Å². The molecule has 0 saturated heterocycles. The number of aromatic nitrogens is 3. The molecule has 2 aromatic rings. The monoisotopic (exact) mass is 240 g/mol. The Morgan fingerprint density at radius 3 is 3.00 bits per heavy atom. The van der Waals surface area contributed by atoms with Gasteiger partial charge in [-0.05, 0) is 12.1 Å². The van der Waals surface area contributed by atoms with Crippen LogP contribution in [0.15, 0.2) is 30.7 Å². The third kappa shape index (κ3) is 3.21. The number of aliphatic hydroxyl groups is 1. The van der Waals surface area contributed by atoms with Crippen LogP contribution in [0.25, 0.3) is 0 Å². The molecule has 0 aromatic carbocycles. The number of hydrogen-bond donors (Lipinski definition) is 2. The van der Waals surface area contributed by atoms with E-state index in [1.807, 2.05) is 24.5 Å². The summed E-state index contributed by atoms with van der Waals surface area (Å²) in [6.07, 6.45) is 4.65. The van der Waals surface area contributed by atoms with Gasteiger partial charge in [0.1, 0.15) is 18.9 Å². The Morgan fingerprint density at radius 2 is 2.31 bits per heavy atom. The molecule has 2 N–H and O–H groups in total. The van der Waals surface area contributed by atoms with Gasteiger partial charge in [-0.25, -0.2) is 0 Å². The lowest BCUT2D eigenvalue weighted by Crippen LogP contribution is -2.30. The van der Waals surface area contributed by atoms with Crippen molar-refractivity contribution >= 4 is 11.7 Å². The van der Waals surface area contributed by atoms with Gasteiger partial charge in [0.15, 0.2) is 0 Å². The van der Waals surface area contributed by atoms with Gasteiger partial charge in [0.2, 0.25) is 5.88 Å². The van der Waals surface area contributed by atoms with E-state index >= 15 is 0 Å². The number of nitrogens with one attached hydrogen (secondary N) is 1. The van der Waals surface area contributed by atoms with Gasteiger partial charge in [0.05, 0.1) is 18.3 Å². The Bertz CT molecular complexity index is 351. The van der Waals surface area contributed by atoms with Gasteiger partial charge >= 0.3 is 0 Å². The van der Waals surface area contributed by atoms with Crippen molar-refractivity contribution in [3.63, 3.8) is 0 Å². The van der Waals surface area contributed by atoms with E-state index in [0.29, 0.717) is 12.4 Å². The molecular formula is C9H12N4O2S. The first-order valence-corrected chi connectivity index (χ1v) is 5.53. The highest BCUT2D eigenvalue weighted by Gasteiger charge is 2.05. The zero-order valence-electron chi connectivity index (χ0n) is 8.48. The van der Waals surface area contributed by atoms with E-state index in [1.54, 1.807) is 4.68 Å². The zero-order valence-corrected chi connectivity index (χ0v) is 9.30. The molecule has 0 radical (unpaired) electrons. The summed E-state index contributed by atoms with van der Waals surface area (Å²) in [5.41, 5.74) is 3.01. The minimum absolute atomic E-state index is 0.194. The molecule has 1 unspecified atom stereocenters. The Kier molecular flexibility index (Phi) is 3.73. The van der Waals surface area contributed by atoms with Crippen molar-refractivity contribution in [1.82, 2.24) is 13.4 Å². The van der Waals surface area contributed by atoms with Crippen LogP contribution in [0.4, 0.5) is 0 Å². The van der Waals surface area contributed by atoms with Crippen molar-refractivity contribution in [2.24, 2.45) is 0 Å². The van der Waals surface area contributed by atoms with Gasteiger partial charge in [-0.1, -0.05) is 0 Å². The first-order chi connectivity index (χ1) is 7.84. The molecule has 2 heterocycles. The molecule has 6 nitrogen and oxygen atoms in total. The molecule has 0 spiro atoms. The Balaban J connectivity index is 1.66. The highest BCUT2D eigenvalue weighted by atomic mass is 32.1. The molecule has 1 atom stereocenters. The molecule has 0 aliphatic carbocycles. The number of hydrogen-bond acceptors (Lipinski definition) is 6. The molecule has 7 heteroatoms. The molecule has 0 amide bonds. The minimum atomic E-state index is -0.593. The molecule has 0 fully saturated rings. The van der Waals surface area contributed by atoms with Gasteiger partial charge in [-0.3, -0.25) is 4.68 Å². The van der Waals surface area contributed by atoms with Crippen molar-refractivity contribution in [1.29, 1.82) is 0 Å². The quantitative estimate of drug-likeness (QED) is 0.761. The van der Waals surface area contributed by atoms with Crippen molar-refractivity contribution < 1.29 is 9.84 Å². The summed E-state index contributed by atoms with van der Waals surface area (Å²) in [5.74, 6) is 0.449. The fourth-order valence-electron chi connectivity index (χ4n) is 1.11. The molecule has 2 rings (SSSR count). The number of rotatable bonds is 6. The lowest BCUT2D eigenvalue weighted by molar-refractivity contribution is 0.113. The summed E-state index contributed by atoms with van der Waals surface area (Å²) in [5, 5.41) is 9.60. The number of aliphatic hydroxyl groups excluding tert-OH is 1. The minimum Gasteiger partial charge on any atom is -0.473 e. The van der Waals surface area contributed by atoms with Gasteiger partial charge in [-0.2, -0.15) is 4.37 Å². The average molecular weight is 240 g/mol. The third-order valence-electron chi connectivity index (χ3n) is 1.88. The van der Waals surface area contributed by atoms with Crippen LogP contribution in [0.3, 0.4) is 0 Å². The number of nitrogens with zero attached hydrogens (tertiary/aromatic N) is 3. The highest BCUT2D eigenvalue weighted by Crippen LogP contribution is 2.05. The van der Waals surface area contributed by atoms with Crippen LogP contribution in [0.5, 0.6) is 5.88 Å². The number of ether oxygens (including phenoxy) is 1. The van der Waals surface area contributed by atoms with Crippen molar-refractivity contribution in [3.8, 4) is 5.88 Å². The van der Waals surface area contributed by atoms with Crippen LogP contribution in [0.1, 0.15) is 0 Å². The molecule has 0 aliphatic rings. The molecule has 2 aromatic heterocycles. The summed E-state index contributed by atoms with van der Waals surface area (Å²) in [4.78, 5) is 0. The first kappa shape index (κ1) is 10.9. The topological polar surface area (TPSA) is 72.2 Å². The van der Waals surface area contributed by atoms with Crippen molar-refractivity contribution in [3.05, 3.63) is 30.7 Å². The Morgan fingerprint density at radius 1 is 1.50 bits per heavy atom. The SMILES string of the molecule is OC(CNn1cccc1)COc1cnsn1. The van der Waals surface area contributed by atoms with Crippen molar-refractivity contribution in [2.75, 3.05) is 18.6 Å². The second kappa shape index (κ2) is 5.47. The van der Waals surface area contributed by atoms with Crippen LogP contribution >= 0.6 is 11.7 Å². The van der Waals surface area contributed by atoms with Crippen LogP contribution in [0.2, 0.25) is 0 Å². The predicted octanol–water partition coefficient (Wildman–Crippen LogP) is 0.323. The second-order valence-corrected chi connectivity index (χ2v) is 3.72. The largest absolute Gasteiger partial charge is 0.473 e. The maximum absolute atomic E-state index is 9.60. The van der Waals surface area contributed by atoms with E-state index in [-0.39, 0.29) is 6.61 Å². The maximum Gasteiger partial charge on any atom is 0.245 e. The lowest BCUT2D eigenvalue weighted by Gasteiger charge is -2.13. The Labute approximate surface area is 96.8 Å². The highest BCUT2D eigenvalue weighted by molar-refractivity contribution is 6.99. The van der Waals surface area contributed by atoms with Crippen LogP contribution in [-0.2, 0) is 0 Å². The summed E-state index contributed by atoms with van der Waals surface area (Å²) in [6.45, 7) is 0.603.